The second-order valence-corrected chi connectivity index (χ2v) is 4.87. The van der Waals surface area contributed by atoms with Crippen LogP contribution >= 0.6 is 0 Å². The van der Waals surface area contributed by atoms with Crippen LogP contribution in [-0.2, 0) is 11.3 Å². The molecule has 0 bridgehead atoms. The predicted molar refractivity (Wildman–Crippen MR) is 83.6 cm³/mol. The van der Waals surface area contributed by atoms with Crippen molar-refractivity contribution in [2.75, 3.05) is 6.54 Å². The smallest absolute Gasteiger partial charge is 0.251 e. The lowest BCUT2D eigenvalue weighted by atomic mass is 10.2. The first-order chi connectivity index (χ1) is 11.2. The minimum absolute atomic E-state index is 0.0928. The van der Waals surface area contributed by atoms with Crippen LogP contribution in [0.3, 0.4) is 0 Å². The highest BCUT2D eigenvalue weighted by Crippen LogP contribution is 2.02. The summed E-state index contributed by atoms with van der Waals surface area (Å²) >= 11 is 0. The minimum Gasteiger partial charge on any atom is -0.347 e. The first kappa shape index (κ1) is 14.7. The summed E-state index contributed by atoms with van der Waals surface area (Å²) in [6.45, 7) is 0.148. The molecule has 0 unspecified atom stereocenters. The number of amides is 2. The Hall–Kier alpha value is -3.22. The largest absolute Gasteiger partial charge is 0.347 e. The predicted octanol–water partition coefficient (Wildman–Crippen LogP) is 0.775. The molecule has 3 rings (SSSR count). The number of nitrogens with zero attached hydrogens (tertiary/aromatic N) is 3. The molecule has 7 nitrogen and oxygen atoms in total. The third kappa shape index (κ3) is 3.52. The number of pyridine rings is 1. The molecule has 0 aliphatic rings. The Bertz CT molecular complexity index is 829. The SMILES string of the molecule is O=C(CNC(=O)c1ccccc1)NCc1nnc2ccccn12. The highest BCUT2D eigenvalue weighted by molar-refractivity contribution is 5.96. The van der Waals surface area contributed by atoms with Crippen LogP contribution in [0.25, 0.3) is 5.65 Å². The van der Waals surface area contributed by atoms with E-state index in [4.69, 9.17) is 0 Å². The Kier molecular flexibility index (Phi) is 4.28. The molecule has 2 heterocycles. The van der Waals surface area contributed by atoms with Gasteiger partial charge in [-0.1, -0.05) is 24.3 Å². The summed E-state index contributed by atoms with van der Waals surface area (Å²) in [4.78, 5) is 23.7. The summed E-state index contributed by atoms with van der Waals surface area (Å²) in [5.41, 5.74) is 1.23. The Morgan fingerprint density at radius 2 is 1.74 bits per heavy atom. The van der Waals surface area contributed by atoms with E-state index in [0.717, 1.165) is 0 Å². The monoisotopic (exact) mass is 309 g/mol. The third-order valence-corrected chi connectivity index (χ3v) is 3.27. The molecule has 3 aromatic rings. The van der Waals surface area contributed by atoms with Crippen LogP contribution in [-0.4, -0.2) is 33.0 Å². The molecule has 116 valence electrons. The van der Waals surface area contributed by atoms with E-state index >= 15 is 0 Å². The van der Waals surface area contributed by atoms with Crippen molar-refractivity contribution in [1.82, 2.24) is 25.2 Å². The molecule has 0 radical (unpaired) electrons. The van der Waals surface area contributed by atoms with Gasteiger partial charge in [-0.3, -0.25) is 14.0 Å². The lowest BCUT2D eigenvalue weighted by Gasteiger charge is -2.06. The zero-order chi connectivity index (χ0) is 16.1. The Morgan fingerprint density at radius 1 is 0.957 bits per heavy atom. The number of nitrogens with one attached hydrogen (secondary N) is 2. The maximum Gasteiger partial charge on any atom is 0.251 e. The Labute approximate surface area is 132 Å². The molecule has 0 atom stereocenters. The minimum atomic E-state index is -0.290. The van der Waals surface area contributed by atoms with Crippen molar-refractivity contribution in [3.05, 3.63) is 66.1 Å². The zero-order valence-electron chi connectivity index (χ0n) is 12.3. The quantitative estimate of drug-likeness (QED) is 0.729. The van der Waals surface area contributed by atoms with Crippen LogP contribution in [0.4, 0.5) is 0 Å². The summed E-state index contributed by atoms with van der Waals surface area (Å²) < 4.78 is 1.79. The van der Waals surface area contributed by atoms with E-state index < -0.39 is 0 Å². The molecule has 7 heteroatoms. The van der Waals surface area contributed by atoms with E-state index in [1.54, 1.807) is 28.7 Å². The number of hydrogen-bond donors (Lipinski definition) is 2. The van der Waals surface area contributed by atoms with E-state index in [1.807, 2.05) is 30.5 Å². The molecule has 0 saturated heterocycles. The number of aromatic nitrogens is 3. The van der Waals surface area contributed by atoms with Gasteiger partial charge in [-0.15, -0.1) is 10.2 Å². The van der Waals surface area contributed by atoms with Gasteiger partial charge in [0.1, 0.15) is 0 Å². The summed E-state index contributed by atoms with van der Waals surface area (Å²) in [6, 6.07) is 14.3. The first-order valence-corrected chi connectivity index (χ1v) is 7.12. The van der Waals surface area contributed by atoms with E-state index in [-0.39, 0.29) is 24.9 Å². The van der Waals surface area contributed by atoms with Gasteiger partial charge in [0.2, 0.25) is 5.91 Å². The molecule has 1 aromatic carbocycles. The highest BCUT2D eigenvalue weighted by atomic mass is 16.2. The number of carbonyl (C=O) groups excluding carboxylic acids is 2. The second kappa shape index (κ2) is 6.69. The van der Waals surface area contributed by atoms with Crippen molar-refractivity contribution in [3.63, 3.8) is 0 Å². The first-order valence-electron chi connectivity index (χ1n) is 7.12. The molecule has 2 amide bonds. The van der Waals surface area contributed by atoms with Gasteiger partial charge < -0.3 is 10.6 Å². The van der Waals surface area contributed by atoms with Crippen LogP contribution < -0.4 is 10.6 Å². The Morgan fingerprint density at radius 3 is 2.57 bits per heavy atom. The molecular formula is C16H15N5O2. The van der Waals surface area contributed by atoms with Crippen LogP contribution in [0, 0.1) is 0 Å². The summed E-state index contributed by atoms with van der Waals surface area (Å²) in [7, 11) is 0. The standard InChI is InChI=1S/C16H15N5O2/c22-15(11-18-16(23)12-6-2-1-3-7-12)17-10-14-20-19-13-8-4-5-9-21(13)14/h1-9H,10-11H2,(H,17,22)(H,18,23). The highest BCUT2D eigenvalue weighted by Gasteiger charge is 2.09. The van der Waals surface area contributed by atoms with E-state index in [9.17, 15) is 9.59 Å². The number of benzene rings is 1. The van der Waals surface area contributed by atoms with Gasteiger partial charge in [-0.25, -0.2) is 0 Å². The van der Waals surface area contributed by atoms with Gasteiger partial charge >= 0.3 is 0 Å². The molecule has 0 saturated carbocycles. The molecule has 0 aliphatic carbocycles. The van der Waals surface area contributed by atoms with E-state index in [1.165, 1.54) is 0 Å². The van der Waals surface area contributed by atoms with Crippen LogP contribution in [0.5, 0.6) is 0 Å². The molecular weight excluding hydrogens is 294 g/mol. The lowest BCUT2D eigenvalue weighted by Crippen LogP contribution is -2.36. The molecule has 0 spiro atoms. The van der Waals surface area contributed by atoms with Gasteiger partial charge in [-0.05, 0) is 24.3 Å². The number of carbonyl (C=O) groups is 2. The Balaban J connectivity index is 1.51. The average molecular weight is 309 g/mol. The van der Waals surface area contributed by atoms with Crippen LogP contribution in [0.2, 0.25) is 0 Å². The molecule has 2 aromatic heterocycles. The number of fused-ring (bicyclic) bond motifs is 1. The maximum absolute atomic E-state index is 11.8. The molecule has 2 N–H and O–H groups in total. The maximum atomic E-state index is 11.8. The molecule has 23 heavy (non-hydrogen) atoms. The van der Waals surface area contributed by atoms with Crippen molar-refractivity contribution in [2.24, 2.45) is 0 Å². The fourth-order valence-electron chi connectivity index (χ4n) is 2.10. The third-order valence-electron chi connectivity index (χ3n) is 3.27. The van der Waals surface area contributed by atoms with Crippen molar-refractivity contribution in [2.45, 2.75) is 6.54 Å². The van der Waals surface area contributed by atoms with Crippen molar-refractivity contribution in [1.29, 1.82) is 0 Å². The van der Waals surface area contributed by atoms with Gasteiger partial charge in [0.25, 0.3) is 5.91 Å². The van der Waals surface area contributed by atoms with Gasteiger partial charge in [0, 0.05) is 11.8 Å². The van der Waals surface area contributed by atoms with Gasteiger partial charge in [-0.2, -0.15) is 0 Å². The fraction of sp³-hybridized carbons (Fsp3) is 0.125. The number of hydrogen-bond acceptors (Lipinski definition) is 4. The lowest BCUT2D eigenvalue weighted by molar-refractivity contribution is -0.120. The zero-order valence-corrected chi connectivity index (χ0v) is 12.3. The second-order valence-electron chi connectivity index (χ2n) is 4.87. The van der Waals surface area contributed by atoms with Crippen LogP contribution in [0.15, 0.2) is 54.7 Å². The van der Waals surface area contributed by atoms with Crippen molar-refractivity contribution in [3.8, 4) is 0 Å². The normalized spacial score (nSPS) is 10.4. The molecule has 0 fully saturated rings. The summed E-state index contributed by atoms with van der Waals surface area (Å²) in [6.07, 6.45) is 1.83. The van der Waals surface area contributed by atoms with Gasteiger partial charge in [0.15, 0.2) is 11.5 Å². The average Bonchev–Trinajstić information content (AvgIpc) is 3.02. The van der Waals surface area contributed by atoms with Gasteiger partial charge in [0.05, 0.1) is 13.1 Å². The van der Waals surface area contributed by atoms with Crippen molar-refractivity contribution < 1.29 is 9.59 Å². The fourth-order valence-corrected chi connectivity index (χ4v) is 2.10. The summed E-state index contributed by atoms with van der Waals surface area (Å²) in [5.74, 6) is 0.0546. The number of rotatable bonds is 5. The van der Waals surface area contributed by atoms with E-state index in [2.05, 4.69) is 20.8 Å². The molecule has 0 aliphatic heterocycles. The van der Waals surface area contributed by atoms with E-state index in [0.29, 0.717) is 17.0 Å². The van der Waals surface area contributed by atoms with Crippen molar-refractivity contribution >= 4 is 17.5 Å². The summed E-state index contributed by atoms with van der Waals surface area (Å²) in [5, 5.41) is 13.3. The van der Waals surface area contributed by atoms with Crippen LogP contribution in [0.1, 0.15) is 16.2 Å². The topological polar surface area (TPSA) is 88.4 Å².